The molecule has 0 saturated carbocycles. The van der Waals surface area contributed by atoms with E-state index < -0.39 is 10.0 Å². The van der Waals surface area contributed by atoms with Crippen LogP contribution in [-0.4, -0.2) is 13.4 Å². The second kappa shape index (κ2) is 5.19. The molecule has 0 fully saturated rings. The van der Waals surface area contributed by atoms with E-state index in [4.69, 9.17) is 9.56 Å². The molecule has 0 atom stereocenters. The molecule has 3 rings (SSSR count). The van der Waals surface area contributed by atoms with E-state index in [1.807, 2.05) is 30.3 Å². The van der Waals surface area contributed by atoms with Crippen LogP contribution in [0.2, 0.25) is 0 Å². The SMILES string of the molecule is NS(=O)(=O)c1ccc(CNc2ccc3ncccc3c2)o1. The number of fused-ring (bicyclic) bond motifs is 1. The number of hydrogen-bond acceptors (Lipinski definition) is 5. The van der Waals surface area contributed by atoms with Crippen LogP contribution in [0.5, 0.6) is 0 Å². The van der Waals surface area contributed by atoms with Gasteiger partial charge < -0.3 is 9.73 Å². The van der Waals surface area contributed by atoms with Crippen LogP contribution in [0.25, 0.3) is 10.9 Å². The maximum atomic E-state index is 11.1. The molecule has 0 spiro atoms. The Morgan fingerprint density at radius 1 is 1.19 bits per heavy atom. The molecule has 2 aromatic heterocycles. The van der Waals surface area contributed by atoms with Crippen molar-refractivity contribution in [3.63, 3.8) is 0 Å². The standard InChI is InChI=1S/C14H13N3O3S/c15-21(18,19)14-6-4-12(20-14)9-17-11-3-5-13-10(8-11)2-1-7-16-13/h1-8,17H,9H2,(H2,15,18,19). The highest BCUT2D eigenvalue weighted by atomic mass is 32.2. The van der Waals surface area contributed by atoms with Crippen LogP contribution in [0.3, 0.4) is 0 Å². The molecule has 0 unspecified atom stereocenters. The smallest absolute Gasteiger partial charge is 0.271 e. The van der Waals surface area contributed by atoms with E-state index in [1.54, 1.807) is 12.3 Å². The van der Waals surface area contributed by atoms with E-state index in [9.17, 15) is 8.42 Å². The van der Waals surface area contributed by atoms with E-state index in [1.165, 1.54) is 6.07 Å². The highest BCUT2D eigenvalue weighted by Crippen LogP contribution is 2.18. The van der Waals surface area contributed by atoms with E-state index in [2.05, 4.69) is 10.3 Å². The van der Waals surface area contributed by atoms with Gasteiger partial charge in [0, 0.05) is 17.3 Å². The maximum Gasteiger partial charge on any atom is 0.271 e. The molecule has 0 radical (unpaired) electrons. The van der Waals surface area contributed by atoms with Crippen molar-refractivity contribution in [3.05, 3.63) is 54.4 Å². The monoisotopic (exact) mass is 303 g/mol. The molecule has 2 heterocycles. The first-order chi connectivity index (χ1) is 10.0. The van der Waals surface area contributed by atoms with Crippen molar-refractivity contribution in [1.82, 2.24) is 4.98 Å². The maximum absolute atomic E-state index is 11.1. The number of aromatic nitrogens is 1. The van der Waals surface area contributed by atoms with E-state index in [0.717, 1.165) is 16.6 Å². The predicted octanol–water partition coefficient (Wildman–Crippen LogP) is 2.09. The number of hydrogen-bond donors (Lipinski definition) is 2. The van der Waals surface area contributed by atoms with Crippen LogP contribution in [-0.2, 0) is 16.6 Å². The van der Waals surface area contributed by atoms with Crippen molar-refractivity contribution in [2.75, 3.05) is 5.32 Å². The number of pyridine rings is 1. The van der Waals surface area contributed by atoms with Crippen molar-refractivity contribution in [2.45, 2.75) is 11.6 Å². The summed E-state index contributed by atoms with van der Waals surface area (Å²) in [4.78, 5) is 4.24. The fraction of sp³-hybridized carbons (Fsp3) is 0.0714. The number of sulfonamides is 1. The van der Waals surface area contributed by atoms with Gasteiger partial charge in [-0.05, 0) is 36.4 Å². The van der Waals surface area contributed by atoms with E-state index in [-0.39, 0.29) is 5.09 Å². The summed E-state index contributed by atoms with van der Waals surface area (Å²) in [5.41, 5.74) is 1.81. The summed E-state index contributed by atoms with van der Waals surface area (Å²) in [5, 5.41) is 8.94. The van der Waals surface area contributed by atoms with Gasteiger partial charge in [-0.3, -0.25) is 4.98 Å². The first-order valence-corrected chi connectivity index (χ1v) is 7.77. The Labute approximate surface area is 121 Å². The van der Waals surface area contributed by atoms with E-state index in [0.29, 0.717) is 12.3 Å². The van der Waals surface area contributed by atoms with Crippen LogP contribution in [0.4, 0.5) is 5.69 Å². The normalized spacial score (nSPS) is 11.7. The van der Waals surface area contributed by atoms with Gasteiger partial charge in [0.05, 0.1) is 12.1 Å². The first-order valence-electron chi connectivity index (χ1n) is 6.22. The average Bonchev–Trinajstić information content (AvgIpc) is 2.94. The summed E-state index contributed by atoms with van der Waals surface area (Å²) in [6.07, 6.45) is 1.74. The lowest BCUT2D eigenvalue weighted by Gasteiger charge is -2.05. The summed E-state index contributed by atoms with van der Waals surface area (Å²) in [6, 6.07) is 12.5. The second-order valence-corrected chi connectivity index (χ2v) is 6.02. The van der Waals surface area contributed by atoms with E-state index >= 15 is 0 Å². The molecule has 21 heavy (non-hydrogen) atoms. The fourth-order valence-corrected chi connectivity index (χ4v) is 2.46. The molecule has 7 heteroatoms. The minimum atomic E-state index is -3.80. The Balaban J connectivity index is 1.75. The van der Waals surface area contributed by atoms with Gasteiger partial charge in [0.1, 0.15) is 5.76 Å². The molecule has 0 saturated heterocycles. The Morgan fingerprint density at radius 3 is 2.81 bits per heavy atom. The molecule has 1 aromatic carbocycles. The Morgan fingerprint density at radius 2 is 2.05 bits per heavy atom. The molecule has 3 aromatic rings. The molecule has 0 aliphatic rings. The lowest BCUT2D eigenvalue weighted by molar-refractivity contribution is 0.419. The summed E-state index contributed by atoms with van der Waals surface area (Å²) in [6.45, 7) is 0.362. The third-order valence-electron chi connectivity index (χ3n) is 2.99. The van der Waals surface area contributed by atoms with Crippen molar-refractivity contribution in [3.8, 4) is 0 Å². The molecule has 3 N–H and O–H groups in total. The lowest BCUT2D eigenvalue weighted by Crippen LogP contribution is -2.10. The molecule has 0 amide bonds. The first kappa shape index (κ1) is 13.6. The quantitative estimate of drug-likeness (QED) is 0.769. The van der Waals surface area contributed by atoms with Crippen LogP contribution in [0, 0.1) is 0 Å². The van der Waals surface area contributed by atoms with Crippen LogP contribution >= 0.6 is 0 Å². The van der Waals surface area contributed by atoms with Gasteiger partial charge in [0.25, 0.3) is 10.0 Å². The van der Waals surface area contributed by atoms with Crippen LogP contribution < -0.4 is 10.5 Å². The number of nitrogens with two attached hydrogens (primary N) is 1. The average molecular weight is 303 g/mol. The van der Waals surface area contributed by atoms with Gasteiger partial charge in [-0.15, -0.1) is 0 Å². The third kappa shape index (κ3) is 3.04. The Hall–Kier alpha value is -2.38. The Bertz CT molecular complexity index is 887. The molecule has 0 bridgehead atoms. The summed E-state index contributed by atoms with van der Waals surface area (Å²) >= 11 is 0. The highest BCUT2D eigenvalue weighted by molar-refractivity contribution is 7.89. The van der Waals surface area contributed by atoms with Gasteiger partial charge in [-0.25, -0.2) is 13.6 Å². The molecule has 108 valence electrons. The number of benzene rings is 1. The third-order valence-corrected chi connectivity index (χ3v) is 3.77. The number of nitrogens with one attached hydrogen (secondary N) is 1. The van der Waals surface area contributed by atoms with Gasteiger partial charge in [-0.2, -0.15) is 0 Å². The van der Waals surface area contributed by atoms with Crippen molar-refractivity contribution in [1.29, 1.82) is 0 Å². The second-order valence-electron chi connectivity index (χ2n) is 4.53. The van der Waals surface area contributed by atoms with Gasteiger partial charge in [0.15, 0.2) is 0 Å². The number of anilines is 1. The minimum absolute atomic E-state index is 0.234. The Kier molecular flexibility index (Phi) is 3.36. The number of nitrogens with zero attached hydrogens (tertiary/aromatic N) is 1. The minimum Gasteiger partial charge on any atom is -0.446 e. The summed E-state index contributed by atoms with van der Waals surface area (Å²) in [5.74, 6) is 0.491. The lowest BCUT2D eigenvalue weighted by atomic mass is 10.2. The number of primary sulfonamides is 1. The highest BCUT2D eigenvalue weighted by Gasteiger charge is 2.12. The largest absolute Gasteiger partial charge is 0.446 e. The zero-order chi connectivity index (χ0) is 14.9. The van der Waals surface area contributed by atoms with Crippen LogP contribution in [0.15, 0.2) is 58.2 Å². The molecular formula is C14H13N3O3S. The summed E-state index contributed by atoms with van der Waals surface area (Å²) in [7, 11) is -3.80. The molecular weight excluding hydrogens is 290 g/mol. The fourth-order valence-electron chi connectivity index (χ4n) is 1.98. The summed E-state index contributed by atoms with van der Waals surface area (Å²) < 4.78 is 27.4. The topological polar surface area (TPSA) is 98.2 Å². The van der Waals surface area contributed by atoms with Gasteiger partial charge in [0.2, 0.25) is 5.09 Å². The number of furan rings is 1. The zero-order valence-electron chi connectivity index (χ0n) is 11.0. The van der Waals surface area contributed by atoms with Crippen molar-refractivity contribution in [2.24, 2.45) is 5.14 Å². The van der Waals surface area contributed by atoms with Crippen molar-refractivity contribution < 1.29 is 12.8 Å². The molecule has 0 aliphatic carbocycles. The molecule has 6 nitrogen and oxygen atoms in total. The molecule has 0 aliphatic heterocycles. The van der Waals surface area contributed by atoms with Crippen molar-refractivity contribution >= 4 is 26.6 Å². The number of rotatable bonds is 4. The van der Waals surface area contributed by atoms with Gasteiger partial charge >= 0.3 is 0 Å². The predicted molar refractivity (Wildman–Crippen MR) is 79.2 cm³/mol. The van der Waals surface area contributed by atoms with Crippen LogP contribution in [0.1, 0.15) is 5.76 Å². The van der Waals surface area contributed by atoms with Gasteiger partial charge in [-0.1, -0.05) is 6.07 Å². The zero-order valence-corrected chi connectivity index (χ0v) is 11.8.